The van der Waals surface area contributed by atoms with Gasteiger partial charge >= 0.3 is 0 Å². The van der Waals surface area contributed by atoms with Crippen LogP contribution in [0.2, 0.25) is 0 Å². The van der Waals surface area contributed by atoms with E-state index >= 15 is 0 Å². The Morgan fingerprint density at radius 1 is 0.812 bits per heavy atom. The zero-order chi connectivity index (χ0) is 11.7. The predicted octanol–water partition coefficient (Wildman–Crippen LogP) is 3.86. The minimum atomic E-state index is 0.00167. The summed E-state index contributed by atoms with van der Waals surface area (Å²) < 4.78 is 0. The molecule has 1 nitrogen and oxygen atoms in total. The molecule has 2 aliphatic carbocycles. The molecule has 16 heavy (non-hydrogen) atoms. The summed E-state index contributed by atoms with van der Waals surface area (Å²) in [5, 5.41) is 10.2. The van der Waals surface area contributed by atoms with Crippen molar-refractivity contribution in [3.8, 4) is 0 Å². The standard InChI is InChI=1S/C15H28O/c1-10-4-7-15(16)14(8-10)13-6-5-11(2)12(3)9-13/h10-16H,4-9H2,1-3H3. The summed E-state index contributed by atoms with van der Waals surface area (Å²) in [5.41, 5.74) is 0. The molecular formula is C15H28O. The van der Waals surface area contributed by atoms with Gasteiger partial charge in [-0.3, -0.25) is 0 Å². The summed E-state index contributed by atoms with van der Waals surface area (Å²) in [6.07, 6.45) is 7.65. The Morgan fingerprint density at radius 3 is 2.25 bits per heavy atom. The summed E-state index contributed by atoms with van der Waals surface area (Å²) in [6.45, 7) is 7.14. The highest BCUT2D eigenvalue weighted by atomic mass is 16.3. The van der Waals surface area contributed by atoms with Crippen LogP contribution in [0.1, 0.15) is 59.3 Å². The lowest BCUT2D eigenvalue weighted by atomic mass is 9.65. The van der Waals surface area contributed by atoms with Crippen molar-refractivity contribution < 1.29 is 5.11 Å². The molecule has 94 valence electrons. The van der Waals surface area contributed by atoms with Gasteiger partial charge in [0.25, 0.3) is 0 Å². The lowest BCUT2D eigenvalue weighted by molar-refractivity contribution is -0.00201. The van der Waals surface area contributed by atoms with Crippen LogP contribution in [0, 0.1) is 29.6 Å². The third-order valence-corrected chi connectivity index (χ3v) is 5.37. The topological polar surface area (TPSA) is 20.2 Å². The monoisotopic (exact) mass is 224 g/mol. The van der Waals surface area contributed by atoms with Crippen LogP contribution in [-0.4, -0.2) is 11.2 Å². The Morgan fingerprint density at radius 2 is 1.56 bits per heavy atom. The third-order valence-electron chi connectivity index (χ3n) is 5.37. The van der Waals surface area contributed by atoms with Gasteiger partial charge in [-0.1, -0.05) is 27.2 Å². The molecule has 0 heterocycles. The Balaban J connectivity index is 1.95. The summed E-state index contributed by atoms with van der Waals surface area (Å²) in [4.78, 5) is 0. The largest absolute Gasteiger partial charge is 0.393 e. The minimum absolute atomic E-state index is 0.00167. The minimum Gasteiger partial charge on any atom is -0.393 e. The van der Waals surface area contributed by atoms with Crippen LogP contribution < -0.4 is 0 Å². The van der Waals surface area contributed by atoms with Crippen LogP contribution in [0.5, 0.6) is 0 Å². The van der Waals surface area contributed by atoms with Crippen LogP contribution in [0.15, 0.2) is 0 Å². The lowest BCUT2D eigenvalue weighted by Gasteiger charge is -2.42. The number of aliphatic hydroxyl groups is 1. The smallest absolute Gasteiger partial charge is 0.0571 e. The van der Waals surface area contributed by atoms with Gasteiger partial charge in [0, 0.05) is 0 Å². The molecule has 0 bridgehead atoms. The first-order chi connectivity index (χ1) is 7.58. The summed E-state index contributed by atoms with van der Waals surface area (Å²) in [6, 6.07) is 0. The molecule has 2 rings (SSSR count). The van der Waals surface area contributed by atoms with E-state index in [2.05, 4.69) is 20.8 Å². The van der Waals surface area contributed by atoms with Gasteiger partial charge in [-0.25, -0.2) is 0 Å². The van der Waals surface area contributed by atoms with E-state index in [1.54, 1.807) is 0 Å². The van der Waals surface area contributed by atoms with Crippen molar-refractivity contribution >= 4 is 0 Å². The van der Waals surface area contributed by atoms with Crippen molar-refractivity contribution in [2.24, 2.45) is 29.6 Å². The van der Waals surface area contributed by atoms with Crippen LogP contribution in [-0.2, 0) is 0 Å². The van der Waals surface area contributed by atoms with Crippen molar-refractivity contribution in [1.29, 1.82) is 0 Å². The maximum atomic E-state index is 10.2. The summed E-state index contributed by atoms with van der Waals surface area (Å²) in [5.74, 6) is 4.02. The van der Waals surface area contributed by atoms with E-state index in [-0.39, 0.29) is 6.10 Å². The van der Waals surface area contributed by atoms with Crippen LogP contribution >= 0.6 is 0 Å². The van der Waals surface area contributed by atoms with Crippen molar-refractivity contribution in [2.45, 2.75) is 65.4 Å². The maximum absolute atomic E-state index is 10.2. The predicted molar refractivity (Wildman–Crippen MR) is 68.2 cm³/mol. The molecule has 0 aromatic heterocycles. The summed E-state index contributed by atoms with van der Waals surface area (Å²) in [7, 11) is 0. The number of rotatable bonds is 1. The zero-order valence-corrected chi connectivity index (χ0v) is 11.2. The highest BCUT2D eigenvalue weighted by molar-refractivity contribution is 4.87. The molecule has 2 aliphatic rings. The van der Waals surface area contributed by atoms with Gasteiger partial charge in [0.1, 0.15) is 0 Å². The molecule has 1 N–H and O–H groups in total. The fraction of sp³-hybridized carbons (Fsp3) is 1.00. The second kappa shape index (κ2) is 5.08. The van der Waals surface area contributed by atoms with E-state index in [4.69, 9.17) is 0 Å². The zero-order valence-electron chi connectivity index (χ0n) is 11.2. The van der Waals surface area contributed by atoms with E-state index in [1.165, 1.54) is 32.1 Å². The molecule has 0 saturated heterocycles. The SMILES string of the molecule is CC1CCC(O)C(C2CCC(C)C(C)C2)C1. The highest BCUT2D eigenvalue weighted by Crippen LogP contribution is 2.43. The Bertz CT molecular complexity index is 225. The number of hydrogen-bond donors (Lipinski definition) is 1. The molecular weight excluding hydrogens is 196 g/mol. The van der Waals surface area contributed by atoms with E-state index in [0.717, 1.165) is 30.1 Å². The van der Waals surface area contributed by atoms with Crippen LogP contribution in [0.4, 0.5) is 0 Å². The van der Waals surface area contributed by atoms with Gasteiger partial charge in [-0.15, -0.1) is 0 Å². The highest BCUT2D eigenvalue weighted by Gasteiger charge is 2.36. The van der Waals surface area contributed by atoms with Gasteiger partial charge in [0.15, 0.2) is 0 Å². The number of aliphatic hydroxyl groups excluding tert-OH is 1. The lowest BCUT2D eigenvalue weighted by Crippen LogP contribution is -2.37. The number of hydrogen-bond acceptors (Lipinski definition) is 1. The van der Waals surface area contributed by atoms with E-state index in [0.29, 0.717) is 5.92 Å². The Labute approximate surface area is 101 Å². The first-order valence-electron chi connectivity index (χ1n) is 7.26. The fourth-order valence-electron chi connectivity index (χ4n) is 3.89. The van der Waals surface area contributed by atoms with E-state index < -0.39 is 0 Å². The van der Waals surface area contributed by atoms with Crippen molar-refractivity contribution in [1.82, 2.24) is 0 Å². The average molecular weight is 224 g/mol. The van der Waals surface area contributed by atoms with E-state index in [1.807, 2.05) is 0 Å². The molecule has 0 aromatic rings. The maximum Gasteiger partial charge on any atom is 0.0571 e. The van der Waals surface area contributed by atoms with Crippen LogP contribution in [0.3, 0.4) is 0 Å². The normalized spacial score (nSPS) is 50.2. The summed E-state index contributed by atoms with van der Waals surface area (Å²) >= 11 is 0. The van der Waals surface area contributed by atoms with Gasteiger partial charge < -0.3 is 5.11 Å². The Hall–Kier alpha value is -0.0400. The van der Waals surface area contributed by atoms with Gasteiger partial charge in [-0.2, -0.15) is 0 Å². The first-order valence-corrected chi connectivity index (χ1v) is 7.26. The second-order valence-electron chi connectivity index (χ2n) is 6.68. The van der Waals surface area contributed by atoms with Crippen molar-refractivity contribution in [2.75, 3.05) is 0 Å². The average Bonchev–Trinajstić information content (AvgIpc) is 2.26. The van der Waals surface area contributed by atoms with Gasteiger partial charge in [-0.05, 0) is 61.7 Å². The van der Waals surface area contributed by atoms with Crippen molar-refractivity contribution in [3.05, 3.63) is 0 Å². The molecule has 2 saturated carbocycles. The molecule has 6 unspecified atom stereocenters. The molecule has 1 heteroatoms. The third kappa shape index (κ3) is 2.61. The van der Waals surface area contributed by atoms with E-state index in [9.17, 15) is 5.11 Å². The van der Waals surface area contributed by atoms with Crippen molar-refractivity contribution in [3.63, 3.8) is 0 Å². The molecule has 0 aliphatic heterocycles. The molecule has 0 radical (unpaired) electrons. The first kappa shape index (κ1) is 12.4. The Kier molecular flexibility index (Phi) is 3.94. The van der Waals surface area contributed by atoms with Gasteiger partial charge in [0.05, 0.1) is 6.10 Å². The quantitative estimate of drug-likeness (QED) is 0.717. The molecule has 2 fully saturated rings. The van der Waals surface area contributed by atoms with Gasteiger partial charge in [0.2, 0.25) is 0 Å². The molecule has 0 amide bonds. The molecule has 0 spiro atoms. The fourth-order valence-corrected chi connectivity index (χ4v) is 3.89. The molecule has 0 aromatic carbocycles. The van der Waals surface area contributed by atoms with Crippen LogP contribution in [0.25, 0.3) is 0 Å². The second-order valence-corrected chi connectivity index (χ2v) is 6.68. The molecule has 6 atom stereocenters.